The lowest BCUT2D eigenvalue weighted by atomic mass is 10.1. The van der Waals surface area contributed by atoms with Crippen molar-refractivity contribution in [2.45, 2.75) is 20.0 Å². The molecule has 1 aliphatic rings. The van der Waals surface area contributed by atoms with E-state index >= 15 is 0 Å². The second kappa shape index (κ2) is 8.69. The van der Waals surface area contributed by atoms with Gasteiger partial charge >= 0.3 is 0 Å². The molecule has 4 rings (SSSR count). The van der Waals surface area contributed by atoms with Gasteiger partial charge in [-0.05, 0) is 60.0 Å². The average molecular weight is 401 g/mol. The number of phenols is 1. The van der Waals surface area contributed by atoms with Gasteiger partial charge in [0.2, 0.25) is 0 Å². The third kappa shape index (κ3) is 4.27. The fraction of sp³-hybridized carbons (Fsp3) is 0.167. The molecule has 2 N–H and O–H groups in total. The number of ether oxygens (including phenoxy) is 1. The van der Waals surface area contributed by atoms with Crippen molar-refractivity contribution >= 4 is 17.8 Å². The number of nitrogens with zero attached hydrogens (tertiary/aromatic N) is 2. The third-order valence-electron chi connectivity index (χ3n) is 4.98. The highest BCUT2D eigenvalue weighted by Crippen LogP contribution is 2.28. The Kier molecular flexibility index (Phi) is 5.66. The summed E-state index contributed by atoms with van der Waals surface area (Å²) in [6.45, 7) is 3.96. The quantitative estimate of drug-likeness (QED) is 0.482. The van der Waals surface area contributed by atoms with Crippen LogP contribution in [-0.4, -0.2) is 23.8 Å². The molecule has 0 aromatic heterocycles. The second-order valence-corrected chi connectivity index (χ2v) is 7.03. The SMILES string of the molecule is CCOc1cc(C=NNC(=O)c2cccc(N3Cc4ccccc4C3)c2)ccc1O. The Morgan fingerprint density at radius 1 is 1.10 bits per heavy atom. The van der Waals surface area contributed by atoms with E-state index in [0.29, 0.717) is 23.5 Å². The molecule has 152 valence electrons. The molecule has 6 heteroatoms. The molecule has 0 atom stereocenters. The summed E-state index contributed by atoms with van der Waals surface area (Å²) in [6.07, 6.45) is 1.51. The smallest absolute Gasteiger partial charge is 0.271 e. The van der Waals surface area contributed by atoms with E-state index in [2.05, 4.69) is 39.7 Å². The Hall–Kier alpha value is -3.80. The maximum Gasteiger partial charge on any atom is 0.271 e. The van der Waals surface area contributed by atoms with E-state index in [0.717, 1.165) is 18.8 Å². The number of carbonyl (C=O) groups is 1. The van der Waals surface area contributed by atoms with Gasteiger partial charge in [0.25, 0.3) is 5.91 Å². The summed E-state index contributed by atoms with van der Waals surface area (Å²) in [5.41, 5.74) is 7.44. The van der Waals surface area contributed by atoms with Gasteiger partial charge in [-0.2, -0.15) is 5.10 Å². The molecule has 6 nitrogen and oxygen atoms in total. The molecule has 0 radical (unpaired) electrons. The summed E-state index contributed by atoms with van der Waals surface area (Å²) in [5.74, 6) is 0.166. The molecule has 0 spiro atoms. The van der Waals surface area contributed by atoms with Crippen LogP contribution in [0.5, 0.6) is 11.5 Å². The predicted molar refractivity (Wildman–Crippen MR) is 117 cm³/mol. The Morgan fingerprint density at radius 2 is 1.87 bits per heavy atom. The zero-order valence-electron chi connectivity index (χ0n) is 16.7. The Morgan fingerprint density at radius 3 is 2.60 bits per heavy atom. The Bertz CT molecular complexity index is 1070. The number of hydrazone groups is 1. The van der Waals surface area contributed by atoms with Crippen LogP contribution >= 0.6 is 0 Å². The van der Waals surface area contributed by atoms with Gasteiger partial charge in [0, 0.05) is 24.3 Å². The van der Waals surface area contributed by atoms with Crippen molar-refractivity contribution in [3.8, 4) is 11.5 Å². The van der Waals surface area contributed by atoms with Crippen molar-refractivity contribution in [1.29, 1.82) is 0 Å². The van der Waals surface area contributed by atoms with Gasteiger partial charge in [-0.1, -0.05) is 30.3 Å². The second-order valence-electron chi connectivity index (χ2n) is 7.03. The maximum atomic E-state index is 12.5. The lowest BCUT2D eigenvalue weighted by molar-refractivity contribution is 0.0955. The molecule has 3 aromatic rings. The van der Waals surface area contributed by atoms with Crippen molar-refractivity contribution in [3.63, 3.8) is 0 Å². The summed E-state index contributed by atoms with van der Waals surface area (Å²) >= 11 is 0. The van der Waals surface area contributed by atoms with Crippen LogP contribution in [0.4, 0.5) is 5.69 Å². The Balaban J connectivity index is 1.42. The molecule has 30 heavy (non-hydrogen) atoms. The molecule has 0 saturated carbocycles. The number of carbonyl (C=O) groups excluding carboxylic acids is 1. The summed E-state index contributed by atoms with van der Waals surface area (Å²) < 4.78 is 5.36. The standard InChI is InChI=1S/C24H23N3O3/c1-2-30-23-12-17(10-11-22(23)28)14-25-26-24(29)18-8-5-9-21(13-18)27-15-19-6-3-4-7-20(19)16-27/h3-14,28H,2,15-16H2,1H3,(H,26,29). The van der Waals surface area contributed by atoms with Crippen LogP contribution in [0.1, 0.15) is 34.0 Å². The summed E-state index contributed by atoms with van der Waals surface area (Å²) in [5, 5.41) is 13.8. The zero-order valence-corrected chi connectivity index (χ0v) is 16.7. The van der Waals surface area contributed by atoms with Crippen LogP contribution in [0, 0.1) is 0 Å². The average Bonchev–Trinajstić information content (AvgIpc) is 3.20. The van der Waals surface area contributed by atoms with Gasteiger partial charge in [-0.25, -0.2) is 5.43 Å². The van der Waals surface area contributed by atoms with Gasteiger partial charge in [-0.3, -0.25) is 4.79 Å². The summed E-state index contributed by atoms with van der Waals surface area (Å²) in [6, 6.07) is 20.8. The summed E-state index contributed by atoms with van der Waals surface area (Å²) in [7, 11) is 0. The van der Waals surface area contributed by atoms with Crippen LogP contribution in [0.3, 0.4) is 0 Å². The van der Waals surface area contributed by atoms with Crippen molar-refractivity contribution < 1.29 is 14.6 Å². The number of benzene rings is 3. The van der Waals surface area contributed by atoms with Crippen LogP contribution < -0.4 is 15.1 Å². The molecule has 1 aliphatic heterocycles. The molecule has 1 amide bonds. The first kappa shape index (κ1) is 19.5. The van der Waals surface area contributed by atoms with Gasteiger partial charge in [0.1, 0.15) is 0 Å². The number of aromatic hydroxyl groups is 1. The molecule has 0 fully saturated rings. The van der Waals surface area contributed by atoms with Crippen LogP contribution in [0.2, 0.25) is 0 Å². The van der Waals surface area contributed by atoms with Crippen LogP contribution in [0.25, 0.3) is 0 Å². The zero-order chi connectivity index (χ0) is 20.9. The Labute approximate surface area is 175 Å². The molecule has 0 saturated heterocycles. The minimum Gasteiger partial charge on any atom is -0.504 e. The molecule has 1 heterocycles. The highest BCUT2D eigenvalue weighted by Gasteiger charge is 2.19. The number of phenolic OH excluding ortho intramolecular Hbond substituents is 1. The summed E-state index contributed by atoms with van der Waals surface area (Å²) in [4.78, 5) is 14.8. The van der Waals surface area contributed by atoms with Crippen molar-refractivity contribution in [1.82, 2.24) is 5.43 Å². The fourth-order valence-electron chi connectivity index (χ4n) is 3.47. The molecular formula is C24H23N3O3. The molecule has 0 unspecified atom stereocenters. The molecule has 3 aromatic carbocycles. The van der Waals surface area contributed by atoms with Crippen molar-refractivity contribution in [2.75, 3.05) is 11.5 Å². The first-order chi connectivity index (χ1) is 14.6. The number of amides is 1. The fourth-order valence-corrected chi connectivity index (χ4v) is 3.47. The van der Waals surface area contributed by atoms with Crippen molar-refractivity contribution in [2.24, 2.45) is 5.10 Å². The maximum absolute atomic E-state index is 12.5. The van der Waals surface area contributed by atoms with E-state index in [1.165, 1.54) is 23.4 Å². The lowest BCUT2D eigenvalue weighted by Crippen LogP contribution is -2.19. The van der Waals surface area contributed by atoms with E-state index in [4.69, 9.17) is 4.74 Å². The van der Waals surface area contributed by atoms with E-state index < -0.39 is 0 Å². The topological polar surface area (TPSA) is 74.2 Å². The number of rotatable bonds is 6. The van der Waals surface area contributed by atoms with E-state index in [9.17, 15) is 9.90 Å². The lowest BCUT2D eigenvalue weighted by Gasteiger charge is -2.18. The van der Waals surface area contributed by atoms with Gasteiger partial charge in [0.15, 0.2) is 11.5 Å². The van der Waals surface area contributed by atoms with Crippen LogP contribution in [-0.2, 0) is 13.1 Å². The highest BCUT2D eigenvalue weighted by atomic mass is 16.5. The normalized spacial score (nSPS) is 12.8. The van der Waals surface area contributed by atoms with Gasteiger partial charge in [0.05, 0.1) is 12.8 Å². The molecule has 0 bridgehead atoms. The van der Waals surface area contributed by atoms with E-state index in [1.54, 1.807) is 18.2 Å². The first-order valence-corrected chi connectivity index (χ1v) is 9.85. The number of hydrogen-bond acceptors (Lipinski definition) is 5. The van der Waals surface area contributed by atoms with Crippen molar-refractivity contribution in [3.05, 3.63) is 89.0 Å². The molecular weight excluding hydrogens is 378 g/mol. The van der Waals surface area contributed by atoms with Gasteiger partial charge < -0.3 is 14.7 Å². The number of fused-ring (bicyclic) bond motifs is 1. The molecule has 0 aliphatic carbocycles. The van der Waals surface area contributed by atoms with Crippen LogP contribution in [0.15, 0.2) is 71.8 Å². The largest absolute Gasteiger partial charge is 0.504 e. The predicted octanol–water partition coefficient (Wildman–Crippen LogP) is 4.08. The third-order valence-corrected chi connectivity index (χ3v) is 4.98. The number of anilines is 1. The first-order valence-electron chi connectivity index (χ1n) is 9.85. The minimum absolute atomic E-state index is 0.0684. The highest BCUT2D eigenvalue weighted by molar-refractivity contribution is 5.95. The monoisotopic (exact) mass is 401 g/mol. The number of hydrogen-bond donors (Lipinski definition) is 2. The van der Waals surface area contributed by atoms with Gasteiger partial charge in [-0.15, -0.1) is 0 Å². The minimum atomic E-state index is -0.284. The van der Waals surface area contributed by atoms with E-state index in [1.807, 2.05) is 25.1 Å². The number of nitrogens with one attached hydrogen (secondary N) is 1. The van der Waals surface area contributed by atoms with E-state index in [-0.39, 0.29) is 11.7 Å².